The van der Waals surface area contributed by atoms with Gasteiger partial charge < -0.3 is 5.32 Å². The van der Waals surface area contributed by atoms with Gasteiger partial charge in [0.25, 0.3) is 0 Å². The highest BCUT2D eigenvalue weighted by Gasteiger charge is 2.51. The minimum atomic E-state index is -4.48. The van der Waals surface area contributed by atoms with Crippen LogP contribution >= 0.6 is 11.8 Å². The number of carbonyl (C=O) groups is 2. The molecule has 0 aromatic heterocycles. The smallest absolute Gasteiger partial charge is 0.329 e. The first-order valence-corrected chi connectivity index (χ1v) is 9.00. The molecule has 4 rings (SSSR count). The fourth-order valence-electron chi connectivity index (χ4n) is 4.81. The van der Waals surface area contributed by atoms with Gasteiger partial charge in [0.05, 0.1) is 5.75 Å². The second-order valence-electron chi connectivity index (χ2n) is 7.24. The summed E-state index contributed by atoms with van der Waals surface area (Å²) in [7, 11) is 0. The topological polar surface area (TPSA) is 58.2 Å². The van der Waals surface area contributed by atoms with E-state index in [0.29, 0.717) is 0 Å². The van der Waals surface area contributed by atoms with E-state index in [0.717, 1.165) is 37.0 Å². The zero-order valence-electron chi connectivity index (χ0n) is 12.7. The Hall–Kier alpha value is -0.920. The van der Waals surface area contributed by atoms with E-state index in [9.17, 15) is 22.8 Å². The lowest BCUT2D eigenvalue weighted by Gasteiger charge is -2.56. The highest BCUT2D eigenvalue weighted by molar-refractivity contribution is 8.01. The third-order valence-electron chi connectivity index (χ3n) is 5.19. The van der Waals surface area contributed by atoms with Crippen molar-refractivity contribution in [3.05, 3.63) is 0 Å². The second kappa shape index (κ2) is 6.18. The molecule has 3 amide bonds. The molecule has 4 saturated carbocycles. The van der Waals surface area contributed by atoms with Gasteiger partial charge in [-0.3, -0.25) is 10.1 Å². The average Bonchev–Trinajstić information content (AvgIpc) is 2.41. The van der Waals surface area contributed by atoms with Crippen LogP contribution in [-0.2, 0) is 4.79 Å². The van der Waals surface area contributed by atoms with Crippen molar-refractivity contribution in [2.75, 3.05) is 12.3 Å². The van der Waals surface area contributed by atoms with Crippen molar-refractivity contribution in [2.24, 2.45) is 17.8 Å². The number of imide groups is 1. The number of nitrogens with one attached hydrogen (secondary N) is 2. The normalized spacial score (nSPS) is 35.2. The summed E-state index contributed by atoms with van der Waals surface area (Å²) in [6.07, 6.45) is 2.86. The van der Waals surface area contributed by atoms with Gasteiger partial charge in [0.2, 0.25) is 5.91 Å². The van der Waals surface area contributed by atoms with Gasteiger partial charge in [-0.25, -0.2) is 4.79 Å². The van der Waals surface area contributed by atoms with E-state index in [4.69, 9.17) is 0 Å². The number of urea groups is 1. The number of halogens is 3. The molecule has 0 spiro atoms. The largest absolute Gasteiger partial charge is 0.405 e. The molecule has 0 heterocycles. The van der Waals surface area contributed by atoms with Gasteiger partial charge in [0.1, 0.15) is 6.54 Å². The fraction of sp³-hybridized carbons (Fsp3) is 0.867. The van der Waals surface area contributed by atoms with Gasteiger partial charge in [-0.15, -0.1) is 11.8 Å². The van der Waals surface area contributed by atoms with Gasteiger partial charge in [-0.1, -0.05) is 0 Å². The van der Waals surface area contributed by atoms with Crippen LogP contribution in [0.1, 0.15) is 38.5 Å². The van der Waals surface area contributed by atoms with Crippen molar-refractivity contribution in [2.45, 2.75) is 49.4 Å². The number of alkyl halides is 3. The molecule has 4 nitrogen and oxygen atoms in total. The maximum Gasteiger partial charge on any atom is 0.405 e. The summed E-state index contributed by atoms with van der Waals surface area (Å²) in [6.45, 7) is -1.44. The van der Waals surface area contributed by atoms with E-state index >= 15 is 0 Å². The van der Waals surface area contributed by atoms with Crippen LogP contribution in [0.3, 0.4) is 0 Å². The summed E-state index contributed by atoms with van der Waals surface area (Å²) < 4.78 is 36.1. The quantitative estimate of drug-likeness (QED) is 0.819. The van der Waals surface area contributed by atoms with E-state index in [2.05, 4.69) is 0 Å². The van der Waals surface area contributed by atoms with Gasteiger partial charge in [0, 0.05) is 4.75 Å². The zero-order valence-corrected chi connectivity index (χ0v) is 13.6. The lowest BCUT2D eigenvalue weighted by Crippen LogP contribution is -2.49. The standard InChI is InChI=1S/C15H21F3N2O2S/c16-15(17,18)8-19-13(22)20-12(21)7-23-14-4-9-1-10(5-14)3-11(2-9)6-14/h9-11H,1-8H2,(H2,19,20,21,22). The van der Waals surface area contributed by atoms with E-state index in [1.807, 2.05) is 5.32 Å². The Labute approximate surface area is 137 Å². The molecule has 4 fully saturated rings. The first-order valence-electron chi connectivity index (χ1n) is 8.01. The number of carbonyl (C=O) groups excluding carboxylic acids is 2. The number of hydrogen-bond acceptors (Lipinski definition) is 3. The monoisotopic (exact) mass is 350 g/mol. The summed E-state index contributed by atoms with van der Waals surface area (Å²) in [5, 5.41) is 3.62. The summed E-state index contributed by atoms with van der Waals surface area (Å²) in [6, 6.07) is -1.08. The minimum absolute atomic E-state index is 0.131. The van der Waals surface area contributed by atoms with E-state index in [-0.39, 0.29) is 10.5 Å². The first kappa shape index (κ1) is 16.9. The van der Waals surface area contributed by atoms with Crippen molar-refractivity contribution in [1.82, 2.24) is 10.6 Å². The van der Waals surface area contributed by atoms with Crippen molar-refractivity contribution >= 4 is 23.7 Å². The number of thioether (sulfide) groups is 1. The molecule has 8 heteroatoms. The highest BCUT2D eigenvalue weighted by atomic mass is 32.2. The van der Waals surface area contributed by atoms with Gasteiger partial charge >= 0.3 is 12.2 Å². The Balaban J connectivity index is 1.43. The van der Waals surface area contributed by atoms with E-state index < -0.39 is 24.7 Å². The Morgan fingerprint density at radius 2 is 1.57 bits per heavy atom. The third-order valence-corrected chi connectivity index (χ3v) is 6.71. The molecule has 2 N–H and O–H groups in total. The number of hydrogen-bond donors (Lipinski definition) is 2. The second-order valence-corrected chi connectivity index (χ2v) is 8.68. The molecule has 130 valence electrons. The molecule has 0 radical (unpaired) electrons. The molecule has 4 bridgehead atoms. The van der Waals surface area contributed by atoms with Gasteiger partial charge in [-0.05, 0) is 56.3 Å². The third kappa shape index (κ3) is 4.33. The van der Waals surface area contributed by atoms with Crippen molar-refractivity contribution in [3.8, 4) is 0 Å². The molecule has 0 saturated heterocycles. The summed E-state index contributed by atoms with van der Waals surface area (Å²) in [4.78, 5) is 23.1. The minimum Gasteiger partial charge on any atom is -0.329 e. The summed E-state index contributed by atoms with van der Waals surface area (Å²) in [5.41, 5.74) is 0. The van der Waals surface area contributed by atoms with Crippen molar-refractivity contribution in [3.63, 3.8) is 0 Å². The molecule has 23 heavy (non-hydrogen) atoms. The molecule has 4 aliphatic carbocycles. The van der Waals surface area contributed by atoms with Crippen LogP contribution in [-0.4, -0.2) is 35.2 Å². The predicted octanol–water partition coefficient (Wildman–Crippen LogP) is 3.08. The van der Waals surface area contributed by atoms with Crippen LogP contribution in [0, 0.1) is 17.8 Å². The Morgan fingerprint density at radius 1 is 1.04 bits per heavy atom. The lowest BCUT2D eigenvalue weighted by atomic mass is 9.56. The lowest BCUT2D eigenvalue weighted by molar-refractivity contribution is -0.124. The Bertz CT molecular complexity index is 460. The van der Waals surface area contributed by atoms with Crippen LogP contribution in [0.2, 0.25) is 0 Å². The predicted molar refractivity (Wildman–Crippen MR) is 81.0 cm³/mol. The number of amides is 3. The fourth-order valence-corrected chi connectivity index (χ4v) is 6.38. The molecule has 4 aliphatic rings. The van der Waals surface area contributed by atoms with Crippen LogP contribution in [0.15, 0.2) is 0 Å². The highest BCUT2D eigenvalue weighted by Crippen LogP contribution is 2.60. The average molecular weight is 350 g/mol. The first-order chi connectivity index (χ1) is 10.7. The van der Waals surface area contributed by atoms with E-state index in [1.54, 1.807) is 17.1 Å². The van der Waals surface area contributed by atoms with Crippen molar-refractivity contribution < 1.29 is 22.8 Å². The van der Waals surface area contributed by atoms with Crippen LogP contribution in [0.4, 0.5) is 18.0 Å². The SMILES string of the molecule is O=C(CSC12CC3CC(CC(C3)C1)C2)NC(=O)NCC(F)(F)F. The molecule has 0 atom stereocenters. The molecule has 0 aliphatic heterocycles. The summed E-state index contributed by atoms with van der Waals surface area (Å²) in [5.74, 6) is 1.92. The van der Waals surface area contributed by atoms with E-state index in [1.165, 1.54) is 19.3 Å². The van der Waals surface area contributed by atoms with Gasteiger partial charge in [-0.2, -0.15) is 13.2 Å². The van der Waals surface area contributed by atoms with Crippen LogP contribution < -0.4 is 10.6 Å². The van der Waals surface area contributed by atoms with Crippen LogP contribution in [0.25, 0.3) is 0 Å². The Morgan fingerprint density at radius 3 is 2.04 bits per heavy atom. The zero-order chi connectivity index (χ0) is 16.7. The van der Waals surface area contributed by atoms with Crippen molar-refractivity contribution in [1.29, 1.82) is 0 Å². The molecule has 0 aromatic rings. The maximum absolute atomic E-state index is 12.0. The molecular weight excluding hydrogens is 329 g/mol. The molecule has 0 unspecified atom stereocenters. The van der Waals surface area contributed by atoms with Gasteiger partial charge in [0.15, 0.2) is 0 Å². The maximum atomic E-state index is 12.0. The molecule has 0 aromatic carbocycles. The van der Waals surface area contributed by atoms with Crippen LogP contribution in [0.5, 0.6) is 0 Å². The summed E-state index contributed by atoms with van der Waals surface area (Å²) >= 11 is 1.59. The number of rotatable bonds is 4. The Kier molecular flexibility index (Phi) is 4.55. The molecular formula is C15H21F3N2O2S.